The van der Waals surface area contributed by atoms with Crippen LogP contribution in [0.5, 0.6) is 11.5 Å². The van der Waals surface area contributed by atoms with Gasteiger partial charge in [0.2, 0.25) is 0 Å². The number of carbonyl (C=O) groups excluding carboxylic acids is 2. The minimum atomic E-state index is -0.635. The van der Waals surface area contributed by atoms with E-state index in [-0.39, 0.29) is 29.4 Å². The van der Waals surface area contributed by atoms with Gasteiger partial charge in [0.25, 0.3) is 11.8 Å². The molecule has 0 aliphatic rings. The molecule has 0 bridgehead atoms. The van der Waals surface area contributed by atoms with Crippen molar-refractivity contribution in [3.05, 3.63) is 52.3 Å². The molecule has 3 N–H and O–H groups in total. The van der Waals surface area contributed by atoms with Crippen LogP contribution in [0.4, 0.5) is 10.1 Å². The standard InChI is InChI=1S/C16H14BrFN2O4/c1-23-14-6-9(2-5-13(14)24-8-15(19)21)16(22)20-12-4-3-10(17)7-11(12)18/h2-7H,8H2,1H3,(H2,19,21)(H,20,22). The highest BCUT2D eigenvalue weighted by Crippen LogP contribution is 2.28. The molecule has 2 rings (SSSR count). The molecule has 0 fully saturated rings. The molecule has 2 aromatic carbocycles. The van der Waals surface area contributed by atoms with Crippen LogP contribution < -0.4 is 20.5 Å². The quantitative estimate of drug-likeness (QED) is 0.785. The maximum absolute atomic E-state index is 13.8. The Morgan fingerprint density at radius 3 is 2.58 bits per heavy atom. The summed E-state index contributed by atoms with van der Waals surface area (Å²) in [4.78, 5) is 23.0. The van der Waals surface area contributed by atoms with E-state index in [0.29, 0.717) is 4.47 Å². The van der Waals surface area contributed by atoms with E-state index in [4.69, 9.17) is 15.2 Å². The number of amides is 2. The van der Waals surface area contributed by atoms with E-state index < -0.39 is 17.6 Å². The number of hydrogen-bond acceptors (Lipinski definition) is 4. The van der Waals surface area contributed by atoms with Gasteiger partial charge in [0.15, 0.2) is 18.1 Å². The van der Waals surface area contributed by atoms with Crippen LogP contribution in [0.15, 0.2) is 40.9 Å². The molecule has 0 aliphatic carbocycles. The second-order valence-electron chi connectivity index (χ2n) is 4.70. The van der Waals surface area contributed by atoms with Crippen LogP contribution in [-0.2, 0) is 4.79 Å². The second-order valence-corrected chi connectivity index (χ2v) is 5.61. The summed E-state index contributed by atoms with van der Waals surface area (Å²) in [6.45, 7) is -0.313. The minimum Gasteiger partial charge on any atom is -0.493 e. The van der Waals surface area contributed by atoms with Crippen molar-refractivity contribution in [2.75, 3.05) is 19.0 Å². The van der Waals surface area contributed by atoms with Crippen LogP contribution >= 0.6 is 15.9 Å². The van der Waals surface area contributed by atoms with E-state index in [0.717, 1.165) is 0 Å². The van der Waals surface area contributed by atoms with Gasteiger partial charge in [0, 0.05) is 10.0 Å². The summed E-state index contributed by atoms with van der Waals surface area (Å²) in [6.07, 6.45) is 0. The van der Waals surface area contributed by atoms with Gasteiger partial charge in [-0.25, -0.2) is 4.39 Å². The number of benzene rings is 2. The van der Waals surface area contributed by atoms with Crippen LogP contribution in [0.2, 0.25) is 0 Å². The van der Waals surface area contributed by atoms with E-state index in [1.807, 2.05) is 0 Å². The van der Waals surface area contributed by atoms with Crippen LogP contribution in [0.25, 0.3) is 0 Å². The van der Waals surface area contributed by atoms with Gasteiger partial charge in [-0.2, -0.15) is 0 Å². The lowest BCUT2D eigenvalue weighted by Gasteiger charge is -2.12. The monoisotopic (exact) mass is 396 g/mol. The van der Waals surface area contributed by atoms with Gasteiger partial charge in [-0.1, -0.05) is 15.9 Å². The fourth-order valence-electron chi connectivity index (χ4n) is 1.86. The molecular formula is C16H14BrFN2O4. The third-order valence-corrected chi connectivity index (χ3v) is 3.47. The Bertz CT molecular complexity index is 783. The highest BCUT2D eigenvalue weighted by atomic mass is 79.9. The number of carbonyl (C=O) groups is 2. The molecule has 2 aromatic rings. The first kappa shape index (κ1) is 17.7. The van der Waals surface area contributed by atoms with Gasteiger partial charge in [0.05, 0.1) is 12.8 Å². The Labute approximate surface area is 145 Å². The zero-order chi connectivity index (χ0) is 17.7. The fourth-order valence-corrected chi connectivity index (χ4v) is 2.20. The van der Waals surface area contributed by atoms with Crippen molar-refractivity contribution in [1.29, 1.82) is 0 Å². The summed E-state index contributed by atoms with van der Waals surface area (Å²) in [6, 6.07) is 8.65. The van der Waals surface area contributed by atoms with Crippen molar-refractivity contribution in [1.82, 2.24) is 0 Å². The van der Waals surface area contributed by atoms with Gasteiger partial charge < -0.3 is 20.5 Å². The Morgan fingerprint density at radius 2 is 1.96 bits per heavy atom. The molecule has 0 saturated carbocycles. The molecule has 0 aliphatic heterocycles. The van der Waals surface area contributed by atoms with Crippen molar-refractivity contribution < 1.29 is 23.5 Å². The lowest BCUT2D eigenvalue weighted by Crippen LogP contribution is -2.20. The third kappa shape index (κ3) is 4.45. The third-order valence-electron chi connectivity index (χ3n) is 2.98. The smallest absolute Gasteiger partial charge is 0.255 e. The molecule has 8 heteroatoms. The van der Waals surface area contributed by atoms with Gasteiger partial charge >= 0.3 is 0 Å². The summed E-state index contributed by atoms with van der Waals surface area (Å²) in [5.74, 6) is -1.20. The highest BCUT2D eigenvalue weighted by molar-refractivity contribution is 9.10. The van der Waals surface area contributed by atoms with E-state index in [1.54, 1.807) is 6.07 Å². The maximum Gasteiger partial charge on any atom is 0.255 e. The number of halogens is 2. The van der Waals surface area contributed by atoms with Crippen molar-refractivity contribution in [2.45, 2.75) is 0 Å². The number of ether oxygens (including phenoxy) is 2. The Morgan fingerprint density at radius 1 is 1.21 bits per heavy atom. The Hall–Kier alpha value is -2.61. The topological polar surface area (TPSA) is 90.7 Å². The zero-order valence-corrected chi connectivity index (χ0v) is 14.2. The summed E-state index contributed by atoms with van der Waals surface area (Å²) >= 11 is 3.14. The number of primary amides is 1. The highest BCUT2D eigenvalue weighted by Gasteiger charge is 2.14. The van der Waals surface area contributed by atoms with E-state index in [9.17, 15) is 14.0 Å². The molecule has 0 saturated heterocycles. The average Bonchev–Trinajstić information content (AvgIpc) is 2.55. The summed E-state index contributed by atoms with van der Waals surface area (Å²) < 4.78 is 24.6. The normalized spacial score (nSPS) is 10.1. The van der Waals surface area contributed by atoms with Crippen molar-refractivity contribution in [2.24, 2.45) is 5.73 Å². The van der Waals surface area contributed by atoms with E-state index in [1.165, 1.54) is 37.4 Å². The van der Waals surface area contributed by atoms with Crippen LogP contribution in [0.3, 0.4) is 0 Å². The lowest BCUT2D eigenvalue weighted by molar-refractivity contribution is -0.119. The van der Waals surface area contributed by atoms with Crippen molar-refractivity contribution in [3.8, 4) is 11.5 Å². The lowest BCUT2D eigenvalue weighted by atomic mass is 10.1. The van der Waals surface area contributed by atoms with E-state index >= 15 is 0 Å². The first-order valence-electron chi connectivity index (χ1n) is 6.76. The Kier molecular flexibility index (Phi) is 5.75. The number of anilines is 1. The van der Waals surface area contributed by atoms with Crippen LogP contribution in [0, 0.1) is 5.82 Å². The molecule has 126 valence electrons. The fraction of sp³-hybridized carbons (Fsp3) is 0.125. The number of hydrogen-bond donors (Lipinski definition) is 2. The SMILES string of the molecule is COc1cc(C(=O)Nc2ccc(Br)cc2F)ccc1OCC(N)=O. The summed E-state index contributed by atoms with van der Waals surface area (Å²) in [5.41, 5.74) is 5.30. The van der Waals surface area contributed by atoms with Gasteiger partial charge in [-0.3, -0.25) is 9.59 Å². The molecule has 0 spiro atoms. The first-order valence-corrected chi connectivity index (χ1v) is 7.55. The summed E-state index contributed by atoms with van der Waals surface area (Å²) in [5, 5.41) is 2.47. The molecule has 0 atom stereocenters. The van der Waals surface area contributed by atoms with E-state index in [2.05, 4.69) is 21.2 Å². The largest absolute Gasteiger partial charge is 0.493 e. The number of nitrogens with one attached hydrogen (secondary N) is 1. The predicted molar refractivity (Wildman–Crippen MR) is 89.7 cm³/mol. The average molecular weight is 397 g/mol. The zero-order valence-electron chi connectivity index (χ0n) is 12.6. The molecule has 0 heterocycles. The molecular weight excluding hydrogens is 383 g/mol. The molecule has 0 unspecified atom stereocenters. The molecule has 0 aromatic heterocycles. The van der Waals surface area contributed by atoms with Crippen molar-refractivity contribution in [3.63, 3.8) is 0 Å². The number of nitrogens with two attached hydrogens (primary N) is 1. The molecule has 2 amide bonds. The number of methoxy groups -OCH3 is 1. The van der Waals surface area contributed by atoms with Gasteiger partial charge in [-0.15, -0.1) is 0 Å². The van der Waals surface area contributed by atoms with Crippen molar-refractivity contribution >= 4 is 33.4 Å². The van der Waals surface area contributed by atoms with Crippen LogP contribution in [-0.4, -0.2) is 25.5 Å². The number of rotatable bonds is 6. The van der Waals surface area contributed by atoms with Crippen LogP contribution in [0.1, 0.15) is 10.4 Å². The van der Waals surface area contributed by atoms with Gasteiger partial charge in [0.1, 0.15) is 5.82 Å². The minimum absolute atomic E-state index is 0.0521. The molecule has 6 nitrogen and oxygen atoms in total. The predicted octanol–water partition coefficient (Wildman–Crippen LogP) is 2.71. The van der Waals surface area contributed by atoms with Gasteiger partial charge in [-0.05, 0) is 36.4 Å². The summed E-state index contributed by atoms with van der Waals surface area (Å²) in [7, 11) is 1.39. The Balaban J connectivity index is 2.18. The molecule has 24 heavy (non-hydrogen) atoms. The first-order chi connectivity index (χ1) is 11.4. The maximum atomic E-state index is 13.8. The second kappa shape index (κ2) is 7.78. The molecule has 0 radical (unpaired) electrons.